The molecule has 2 fully saturated rings. The molecule has 0 bridgehead atoms. The Kier molecular flexibility index (Phi) is 5.27. The highest BCUT2D eigenvalue weighted by molar-refractivity contribution is 9.09. The Hall–Kier alpha value is 0.360. The Balaban J connectivity index is 1.96. The molecule has 1 unspecified atom stereocenters. The van der Waals surface area contributed by atoms with Crippen LogP contribution in [-0.4, -0.2) is 54.3 Å². The van der Waals surface area contributed by atoms with Gasteiger partial charge in [-0.25, -0.2) is 0 Å². The molecule has 1 N–H and O–H groups in total. The van der Waals surface area contributed by atoms with E-state index in [2.05, 4.69) is 20.8 Å². The van der Waals surface area contributed by atoms with Crippen molar-refractivity contribution in [2.24, 2.45) is 5.41 Å². The third kappa shape index (κ3) is 3.43. The van der Waals surface area contributed by atoms with E-state index in [9.17, 15) is 5.11 Å². The third-order valence-electron chi connectivity index (χ3n) is 4.30. The van der Waals surface area contributed by atoms with Gasteiger partial charge in [0, 0.05) is 18.4 Å². The van der Waals surface area contributed by atoms with Gasteiger partial charge in [0.25, 0.3) is 0 Å². The molecule has 1 aliphatic carbocycles. The molecular formula is C13H24BrNO2. The number of ether oxygens (including phenoxy) is 1. The molecule has 0 aromatic carbocycles. The van der Waals surface area contributed by atoms with E-state index in [1.54, 1.807) is 0 Å². The highest BCUT2D eigenvalue weighted by atomic mass is 79.9. The Morgan fingerprint density at radius 1 is 1.29 bits per heavy atom. The third-order valence-corrected chi connectivity index (χ3v) is 5.49. The summed E-state index contributed by atoms with van der Waals surface area (Å²) < 4.78 is 5.45. The van der Waals surface area contributed by atoms with Gasteiger partial charge in [0.05, 0.1) is 25.9 Å². The van der Waals surface area contributed by atoms with Gasteiger partial charge in [-0.05, 0) is 18.3 Å². The molecule has 0 aromatic rings. The van der Waals surface area contributed by atoms with Crippen LogP contribution in [0.15, 0.2) is 0 Å². The van der Waals surface area contributed by atoms with E-state index >= 15 is 0 Å². The van der Waals surface area contributed by atoms with E-state index < -0.39 is 0 Å². The lowest BCUT2D eigenvalue weighted by atomic mass is 9.75. The Morgan fingerprint density at radius 2 is 2.06 bits per heavy atom. The summed E-state index contributed by atoms with van der Waals surface area (Å²) in [6.45, 7) is 3.81. The van der Waals surface area contributed by atoms with E-state index in [-0.39, 0.29) is 12.6 Å². The predicted octanol–water partition coefficient (Wildman–Crippen LogP) is 2.02. The van der Waals surface area contributed by atoms with Crippen LogP contribution in [0.4, 0.5) is 0 Å². The number of aliphatic hydroxyl groups excluding tert-OH is 1. The number of alkyl halides is 1. The average Bonchev–Trinajstić information content (AvgIpc) is 2.40. The van der Waals surface area contributed by atoms with E-state index in [0.717, 1.165) is 25.0 Å². The average molecular weight is 306 g/mol. The molecule has 0 radical (unpaired) electrons. The fourth-order valence-electron chi connectivity index (χ4n) is 3.13. The zero-order valence-electron chi connectivity index (χ0n) is 10.5. The number of hydrogen-bond acceptors (Lipinski definition) is 3. The van der Waals surface area contributed by atoms with Gasteiger partial charge >= 0.3 is 0 Å². The van der Waals surface area contributed by atoms with Crippen LogP contribution >= 0.6 is 15.9 Å². The number of morpholine rings is 1. The van der Waals surface area contributed by atoms with E-state index in [1.165, 1.54) is 32.1 Å². The number of rotatable bonds is 4. The van der Waals surface area contributed by atoms with E-state index in [1.807, 2.05) is 0 Å². The molecule has 1 aliphatic heterocycles. The van der Waals surface area contributed by atoms with Crippen molar-refractivity contribution in [1.82, 2.24) is 4.90 Å². The summed E-state index contributed by atoms with van der Waals surface area (Å²) in [5, 5.41) is 10.5. The van der Waals surface area contributed by atoms with Gasteiger partial charge < -0.3 is 9.84 Å². The van der Waals surface area contributed by atoms with Gasteiger partial charge in [-0.15, -0.1) is 0 Å². The fraction of sp³-hybridized carbons (Fsp3) is 1.00. The highest BCUT2D eigenvalue weighted by Crippen LogP contribution is 2.39. The van der Waals surface area contributed by atoms with Crippen LogP contribution in [0.25, 0.3) is 0 Å². The summed E-state index contributed by atoms with van der Waals surface area (Å²) in [5.41, 5.74) is 0.434. The minimum Gasteiger partial charge on any atom is -0.395 e. The zero-order valence-corrected chi connectivity index (χ0v) is 12.1. The molecule has 1 saturated heterocycles. The van der Waals surface area contributed by atoms with Crippen LogP contribution in [-0.2, 0) is 4.74 Å². The van der Waals surface area contributed by atoms with Crippen molar-refractivity contribution in [3.05, 3.63) is 0 Å². The molecule has 17 heavy (non-hydrogen) atoms. The van der Waals surface area contributed by atoms with Gasteiger partial charge in [-0.3, -0.25) is 4.90 Å². The normalized spacial score (nSPS) is 30.4. The zero-order chi connectivity index (χ0) is 12.1. The van der Waals surface area contributed by atoms with Crippen molar-refractivity contribution >= 4 is 15.9 Å². The summed E-state index contributed by atoms with van der Waals surface area (Å²) in [4.78, 5) is 2.44. The monoisotopic (exact) mass is 305 g/mol. The van der Waals surface area contributed by atoms with E-state index in [0.29, 0.717) is 12.0 Å². The van der Waals surface area contributed by atoms with Gasteiger partial charge in [-0.2, -0.15) is 0 Å². The molecule has 2 rings (SSSR count). The largest absolute Gasteiger partial charge is 0.395 e. The van der Waals surface area contributed by atoms with Crippen molar-refractivity contribution in [2.75, 3.05) is 38.2 Å². The van der Waals surface area contributed by atoms with Crippen molar-refractivity contribution in [3.8, 4) is 0 Å². The molecule has 2 aliphatic rings. The second-order valence-corrected chi connectivity index (χ2v) is 6.14. The minimum absolute atomic E-state index is 0.210. The van der Waals surface area contributed by atoms with Crippen LogP contribution < -0.4 is 0 Å². The van der Waals surface area contributed by atoms with Crippen molar-refractivity contribution in [3.63, 3.8) is 0 Å². The number of nitrogens with zero attached hydrogens (tertiary/aromatic N) is 1. The first-order chi connectivity index (χ1) is 8.29. The lowest BCUT2D eigenvalue weighted by Gasteiger charge is -2.44. The second-order valence-electron chi connectivity index (χ2n) is 5.58. The summed E-state index contributed by atoms with van der Waals surface area (Å²) in [5.74, 6) is 0. The topological polar surface area (TPSA) is 32.7 Å². The summed E-state index contributed by atoms with van der Waals surface area (Å²) in [7, 11) is 0. The lowest BCUT2D eigenvalue weighted by molar-refractivity contribution is -0.0461. The molecule has 100 valence electrons. The maximum atomic E-state index is 9.41. The highest BCUT2D eigenvalue weighted by Gasteiger charge is 2.35. The smallest absolute Gasteiger partial charge is 0.0644 e. The fourth-order valence-corrected chi connectivity index (χ4v) is 3.87. The molecule has 1 saturated carbocycles. The molecule has 3 nitrogen and oxygen atoms in total. The SMILES string of the molecule is OCC1COCCN1CC1(CBr)CCCCC1. The van der Waals surface area contributed by atoms with Crippen LogP contribution in [0, 0.1) is 5.41 Å². The maximum absolute atomic E-state index is 9.41. The Labute approximate surface area is 113 Å². The van der Waals surface area contributed by atoms with Gasteiger partial charge in [-0.1, -0.05) is 35.2 Å². The first-order valence-corrected chi connectivity index (χ1v) is 7.90. The quantitative estimate of drug-likeness (QED) is 0.807. The Bertz CT molecular complexity index is 231. The first kappa shape index (κ1) is 13.8. The molecule has 1 atom stereocenters. The van der Waals surface area contributed by atoms with Crippen LogP contribution in [0.2, 0.25) is 0 Å². The summed E-state index contributed by atoms with van der Waals surface area (Å²) >= 11 is 3.72. The standard InChI is InChI=1S/C13H24BrNO2/c14-10-13(4-2-1-3-5-13)11-15-6-7-17-9-12(15)8-16/h12,16H,1-11H2. The minimum atomic E-state index is 0.210. The Morgan fingerprint density at radius 3 is 2.71 bits per heavy atom. The van der Waals surface area contributed by atoms with Crippen molar-refractivity contribution < 1.29 is 9.84 Å². The molecule has 4 heteroatoms. The van der Waals surface area contributed by atoms with E-state index in [4.69, 9.17) is 4.74 Å². The van der Waals surface area contributed by atoms with Gasteiger partial charge in [0.15, 0.2) is 0 Å². The second kappa shape index (κ2) is 6.50. The van der Waals surface area contributed by atoms with Crippen LogP contribution in [0.1, 0.15) is 32.1 Å². The first-order valence-electron chi connectivity index (χ1n) is 6.78. The van der Waals surface area contributed by atoms with Crippen LogP contribution in [0.5, 0.6) is 0 Å². The molecule has 1 heterocycles. The molecule has 0 amide bonds. The van der Waals surface area contributed by atoms with Gasteiger partial charge in [0.1, 0.15) is 0 Å². The number of aliphatic hydroxyl groups is 1. The summed E-state index contributed by atoms with van der Waals surface area (Å²) in [6.07, 6.45) is 6.77. The maximum Gasteiger partial charge on any atom is 0.0644 e. The van der Waals surface area contributed by atoms with Crippen molar-refractivity contribution in [1.29, 1.82) is 0 Å². The molecular weight excluding hydrogens is 282 g/mol. The lowest BCUT2D eigenvalue weighted by Crippen LogP contribution is -2.52. The van der Waals surface area contributed by atoms with Crippen LogP contribution in [0.3, 0.4) is 0 Å². The van der Waals surface area contributed by atoms with Gasteiger partial charge in [0.2, 0.25) is 0 Å². The number of hydrogen-bond donors (Lipinski definition) is 1. The molecule has 0 spiro atoms. The summed E-state index contributed by atoms with van der Waals surface area (Å²) in [6, 6.07) is 0.210. The molecule has 0 aromatic heterocycles. The predicted molar refractivity (Wildman–Crippen MR) is 72.6 cm³/mol. The van der Waals surface area contributed by atoms with Crippen molar-refractivity contribution in [2.45, 2.75) is 38.1 Å². The number of halogens is 1.